The quantitative estimate of drug-likeness (QED) is 0.427. The lowest BCUT2D eigenvalue weighted by molar-refractivity contribution is -0.384. The van der Waals surface area contributed by atoms with Gasteiger partial charge in [0.05, 0.1) is 4.92 Å². The lowest BCUT2D eigenvalue weighted by Crippen LogP contribution is -2.07. The van der Waals surface area contributed by atoms with E-state index in [4.69, 9.17) is 4.42 Å². The number of hydrogen-bond acceptors (Lipinski definition) is 7. The largest absolute Gasteiger partial charge is 0.401 e. The number of nitro groups is 1. The Hall–Kier alpha value is -3.82. The van der Waals surface area contributed by atoms with Gasteiger partial charge in [-0.2, -0.15) is 5.10 Å². The molecular weight excluding hydrogens is 328 g/mol. The second-order valence-electron chi connectivity index (χ2n) is 4.93. The van der Waals surface area contributed by atoms with Crippen molar-refractivity contribution in [2.24, 2.45) is 7.05 Å². The zero-order valence-electron chi connectivity index (χ0n) is 13.0. The van der Waals surface area contributed by atoms with Crippen molar-refractivity contribution >= 4 is 23.7 Å². The SMILES string of the molecule is Cn1nccc1-c1nnc(NC(=O)C=Cc2cccc([N+](=O)[O-])c2)o1. The van der Waals surface area contributed by atoms with Crippen LogP contribution >= 0.6 is 0 Å². The van der Waals surface area contributed by atoms with Gasteiger partial charge in [0.1, 0.15) is 5.69 Å². The molecule has 2 heterocycles. The van der Waals surface area contributed by atoms with Gasteiger partial charge in [0, 0.05) is 31.5 Å². The van der Waals surface area contributed by atoms with E-state index in [9.17, 15) is 14.9 Å². The first kappa shape index (κ1) is 16.1. The topological polar surface area (TPSA) is 129 Å². The summed E-state index contributed by atoms with van der Waals surface area (Å²) in [7, 11) is 1.72. The third-order valence-electron chi connectivity index (χ3n) is 3.20. The number of benzene rings is 1. The molecule has 0 atom stereocenters. The van der Waals surface area contributed by atoms with Gasteiger partial charge in [-0.05, 0) is 17.7 Å². The highest BCUT2D eigenvalue weighted by molar-refractivity contribution is 6.00. The molecule has 0 spiro atoms. The van der Waals surface area contributed by atoms with Crippen LogP contribution in [-0.4, -0.2) is 30.8 Å². The minimum atomic E-state index is -0.508. The van der Waals surface area contributed by atoms with E-state index in [0.717, 1.165) is 0 Å². The van der Waals surface area contributed by atoms with Gasteiger partial charge < -0.3 is 4.42 Å². The van der Waals surface area contributed by atoms with E-state index >= 15 is 0 Å². The minimum absolute atomic E-state index is 0.0553. The fourth-order valence-corrected chi connectivity index (χ4v) is 2.02. The molecule has 2 aromatic heterocycles. The van der Waals surface area contributed by atoms with Crippen LogP contribution in [-0.2, 0) is 11.8 Å². The van der Waals surface area contributed by atoms with Crippen molar-refractivity contribution in [3.8, 4) is 11.6 Å². The molecule has 0 radical (unpaired) electrons. The summed E-state index contributed by atoms with van der Waals surface area (Å²) in [5, 5.41) is 24.7. The summed E-state index contributed by atoms with van der Waals surface area (Å²) < 4.78 is 6.90. The first-order valence-electron chi connectivity index (χ1n) is 7.08. The zero-order valence-corrected chi connectivity index (χ0v) is 13.0. The molecule has 0 aliphatic carbocycles. The number of carbonyl (C=O) groups is 1. The van der Waals surface area contributed by atoms with Crippen molar-refractivity contribution in [1.29, 1.82) is 0 Å². The maximum absolute atomic E-state index is 11.9. The van der Waals surface area contributed by atoms with Crippen molar-refractivity contribution in [2.75, 3.05) is 5.32 Å². The number of hydrogen-bond donors (Lipinski definition) is 1. The summed E-state index contributed by atoms with van der Waals surface area (Å²) in [6.45, 7) is 0. The van der Waals surface area contributed by atoms with Crippen molar-refractivity contribution in [3.05, 3.63) is 58.3 Å². The molecular formula is C15H12N6O4. The molecule has 1 amide bonds. The summed E-state index contributed by atoms with van der Waals surface area (Å²) in [6, 6.07) is 7.54. The van der Waals surface area contributed by atoms with E-state index in [1.54, 1.807) is 30.1 Å². The van der Waals surface area contributed by atoms with E-state index in [-0.39, 0.29) is 17.6 Å². The number of nitrogens with one attached hydrogen (secondary N) is 1. The number of anilines is 1. The lowest BCUT2D eigenvalue weighted by Gasteiger charge is -1.96. The van der Waals surface area contributed by atoms with Gasteiger partial charge in [0.15, 0.2) is 0 Å². The summed E-state index contributed by atoms with van der Waals surface area (Å²) in [5.74, 6) is -0.287. The zero-order chi connectivity index (χ0) is 17.8. The molecule has 0 aliphatic rings. The molecule has 3 aromatic rings. The van der Waals surface area contributed by atoms with Crippen LogP contribution < -0.4 is 5.32 Å². The summed E-state index contributed by atoms with van der Waals surface area (Å²) >= 11 is 0. The monoisotopic (exact) mass is 340 g/mol. The Kier molecular flexibility index (Phi) is 4.33. The van der Waals surface area contributed by atoms with Crippen LogP contribution in [0.3, 0.4) is 0 Å². The fourth-order valence-electron chi connectivity index (χ4n) is 2.02. The van der Waals surface area contributed by atoms with Crippen molar-refractivity contribution in [1.82, 2.24) is 20.0 Å². The van der Waals surface area contributed by atoms with Crippen LogP contribution in [0.5, 0.6) is 0 Å². The van der Waals surface area contributed by atoms with Gasteiger partial charge in [-0.3, -0.25) is 24.9 Å². The van der Waals surface area contributed by atoms with Crippen LogP contribution in [0.4, 0.5) is 11.7 Å². The van der Waals surface area contributed by atoms with Gasteiger partial charge in [0.25, 0.3) is 17.5 Å². The number of aromatic nitrogens is 4. The molecule has 0 fully saturated rings. The normalized spacial score (nSPS) is 10.9. The second-order valence-corrected chi connectivity index (χ2v) is 4.93. The number of rotatable bonds is 5. The summed E-state index contributed by atoms with van der Waals surface area (Å²) in [5.41, 5.74) is 1.07. The minimum Gasteiger partial charge on any atom is -0.401 e. The predicted molar refractivity (Wildman–Crippen MR) is 87.3 cm³/mol. The maximum atomic E-state index is 11.9. The van der Waals surface area contributed by atoms with Crippen LogP contribution in [0.25, 0.3) is 17.7 Å². The van der Waals surface area contributed by atoms with E-state index in [0.29, 0.717) is 11.3 Å². The number of amides is 1. The average molecular weight is 340 g/mol. The molecule has 0 unspecified atom stereocenters. The molecule has 0 bridgehead atoms. The molecule has 0 saturated heterocycles. The molecule has 3 rings (SSSR count). The smallest absolute Gasteiger partial charge is 0.322 e. The molecule has 10 heteroatoms. The van der Waals surface area contributed by atoms with Crippen molar-refractivity contribution < 1.29 is 14.1 Å². The van der Waals surface area contributed by atoms with E-state index in [2.05, 4.69) is 20.6 Å². The van der Waals surface area contributed by atoms with Gasteiger partial charge in [-0.1, -0.05) is 17.2 Å². The average Bonchev–Trinajstić information content (AvgIpc) is 3.22. The van der Waals surface area contributed by atoms with Crippen LogP contribution in [0, 0.1) is 10.1 Å². The highest BCUT2D eigenvalue weighted by Crippen LogP contribution is 2.18. The highest BCUT2D eigenvalue weighted by atomic mass is 16.6. The Bertz CT molecular complexity index is 958. The Labute approximate surface area is 140 Å². The molecule has 10 nitrogen and oxygen atoms in total. The summed E-state index contributed by atoms with van der Waals surface area (Å²) in [4.78, 5) is 22.1. The van der Waals surface area contributed by atoms with E-state index in [1.807, 2.05) is 0 Å². The molecule has 0 aliphatic heterocycles. The van der Waals surface area contributed by atoms with Gasteiger partial charge in [-0.15, -0.1) is 5.10 Å². The third kappa shape index (κ3) is 3.75. The van der Waals surface area contributed by atoms with Gasteiger partial charge in [0.2, 0.25) is 0 Å². The Morgan fingerprint density at radius 1 is 1.36 bits per heavy atom. The molecule has 1 aromatic carbocycles. The molecule has 0 saturated carbocycles. The van der Waals surface area contributed by atoms with Crippen LogP contribution in [0.15, 0.2) is 47.0 Å². The number of nitrogens with zero attached hydrogens (tertiary/aromatic N) is 5. The van der Waals surface area contributed by atoms with Crippen LogP contribution in [0.1, 0.15) is 5.56 Å². The van der Waals surface area contributed by atoms with Crippen molar-refractivity contribution in [2.45, 2.75) is 0 Å². The van der Waals surface area contributed by atoms with Crippen LogP contribution in [0.2, 0.25) is 0 Å². The lowest BCUT2D eigenvalue weighted by atomic mass is 10.2. The fraction of sp³-hybridized carbons (Fsp3) is 0.0667. The summed E-state index contributed by atoms with van der Waals surface area (Å²) in [6.07, 6.45) is 4.24. The van der Waals surface area contributed by atoms with E-state index < -0.39 is 10.8 Å². The van der Waals surface area contributed by atoms with Gasteiger partial charge in [-0.25, -0.2) is 0 Å². The Morgan fingerprint density at radius 2 is 2.20 bits per heavy atom. The number of carbonyl (C=O) groups excluding carboxylic acids is 1. The Morgan fingerprint density at radius 3 is 2.92 bits per heavy atom. The van der Waals surface area contributed by atoms with Gasteiger partial charge >= 0.3 is 6.01 Å². The first-order chi connectivity index (χ1) is 12.0. The number of non-ortho nitro benzene ring substituents is 1. The number of nitro benzene ring substituents is 1. The molecule has 25 heavy (non-hydrogen) atoms. The maximum Gasteiger partial charge on any atom is 0.322 e. The third-order valence-corrected chi connectivity index (χ3v) is 3.20. The van der Waals surface area contributed by atoms with E-state index in [1.165, 1.54) is 30.4 Å². The second kappa shape index (κ2) is 6.74. The Balaban J connectivity index is 1.67. The predicted octanol–water partition coefficient (Wildman–Crippen LogP) is 2.03. The first-order valence-corrected chi connectivity index (χ1v) is 7.08. The van der Waals surface area contributed by atoms with Crippen molar-refractivity contribution in [3.63, 3.8) is 0 Å². The molecule has 1 N–H and O–H groups in total. The highest BCUT2D eigenvalue weighted by Gasteiger charge is 2.12. The number of aryl methyl sites for hydroxylation is 1. The molecule has 126 valence electrons. The standard InChI is InChI=1S/C15H12N6O4/c1-20-12(7-8-16-20)14-18-19-15(25-14)17-13(22)6-5-10-3-2-4-11(9-10)21(23)24/h2-9H,1H3,(H,17,19,22).